The third kappa shape index (κ3) is 4.05. The minimum Gasteiger partial charge on any atom is -0.356 e. The van der Waals surface area contributed by atoms with E-state index in [0.29, 0.717) is 0 Å². The zero-order valence-corrected chi connectivity index (χ0v) is 15.2. The first-order chi connectivity index (χ1) is 11.4. The van der Waals surface area contributed by atoms with Crippen molar-refractivity contribution in [3.63, 3.8) is 0 Å². The summed E-state index contributed by atoms with van der Waals surface area (Å²) >= 11 is 0. The molecule has 1 N–H and O–H groups in total. The average Bonchev–Trinajstić information content (AvgIpc) is 2.55. The van der Waals surface area contributed by atoms with E-state index >= 15 is 0 Å². The van der Waals surface area contributed by atoms with E-state index in [1.54, 1.807) is 6.33 Å². The van der Waals surface area contributed by atoms with Crippen LogP contribution in [0.2, 0.25) is 0 Å². The third-order valence-electron chi connectivity index (χ3n) is 4.66. The van der Waals surface area contributed by atoms with Crippen LogP contribution in [0.5, 0.6) is 0 Å². The lowest BCUT2D eigenvalue weighted by Crippen LogP contribution is -2.34. The summed E-state index contributed by atoms with van der Waals surface area (Å²) in [5.74, 6) is 2.60. The second-order valence-corrected chi connectivity index (χ2v) is 7.91. The maximum absolute atomic E-state index is 4.46. The van der Waals surface area contributed by atoms with Crippen LogP contribution in [0.3, 0.4) is 0 Å². The van der Waals surface area contributed by atoms with Crippen molar-refractivity contribution in [2.24, 2.45) is 5.92 Å². The van der Waals surface area contributed by atoms with Crippen molar-refractivity contribution in [1.82, 2.24) is 9.97 Å². The molecule has 3 rings (SSSR count). The van der Waals surface area contributed by atoms with Gasteiger partial charge in [-0.3, -0.25) is 0 Å². The van der Waals surface area contributed by atoms with Crippen LogP contribution in [0.15, 0.2) is 36.7 Å². The molecule has 2 heterocycles. The molecule has 0 amide bonds. The summed E-state index contributed by atoms with van der Waals surface area (Å²) in [6.07, 6.45) is 4.20. The van der Waals surface area contributed by atoms with Crippen LogP contribution in [0.1, 0.15) is 46.1 Å². The summed E-state index contributed by atoms with van der Waals surface area (Å²) in [5, 5.41) is 3.40. The zero-order valence-electron chi connectivity index (χ0n) is 15.2. The highest BCUT2D eigenvalue weighted by atomic mass is 15.2. The summed E-state index contributed by atoms with van der Waals surface area (Å²) in [6.45, 7) is 11.2. The number of aromatic nitrogens is 2. The topological polar surface area (TPSA) is 41.0 Å². The fraction of sp³-hybridized carbons (Fsp3) is 0.500. The highest BCUT2D eigenvalue weighted by Crippen LogP contribution is 2.26. The molecule has 1 atom stereocenters. The Hall–Kier alpha value is -2.10. The Balaban J connectivity index is 1.72. The molecule has 24 heavy (non-hydrogen) atoms. The van der Waals surface area contributed by atoms with Crippen LogP contribution in [0, 0.1) is 5.92 Å². The van der Waals surface area contributed by atoms with Gasteiger partial charge >= 0.3 is 0 Å². The fourth-order valence-corrected chi connectivity index (χ4v) is 3.19. The summed E-state index contributed by atoms with van der Waals surface area (Å²) in [4.78, 5) is 11.2. The highest BCUT2D eigenvalue weighted by Gasteiger charge is 2.18. The lowest BCUT2D eigenvalue weighted by atomic mass is 9.87. The smallest absolute Gasteiger partial charge is 0.135 e. The van der Waals surface area contributed by atoms with Crippen molar-refractivity contribution in [1.29, 1.82) is 0 Å². The van der Waals surface area contributed by atoms with E-state index in [1.165, 1.54) is 18.4 Å². The van der Waals surface area contributed by atoms with Gasteiger partial charge in [-0.1, -0.05) is 39.8 Å². The Labute approximate surface area is 145 Å². The van der Waals surface area contributed by atoms with E-state index in [2.05, 4.69) is 78.2 Å². The van der Waals surface area contributed by atoms with Crippen LogP contribution in [0.25, 0.3) is 0 Å². The number of nitrogens with one attached hydrogen (secondary N) is 1. The molecule has 4 nitrogen and oxygen atoms in total. The standard InChI is InChI=1S/C20H28N4/c1-15-6-5-11-24(13-15)19-12-18(21-14-22-19)23-17-9-7-16(8-10-17)20(2,3)4/h7-10,12,14-15H,5-6,11,13H2,1-4H3,(H,21,22,23). The van der Waals surface area contributed by atoms with Crippen molar-refractivity contribution in [2.75, 3.05) is 23.3 Å². The molecule has 0 bridgehead atoms. The number of hydrogen-bond acceptors (Lipinski definition) is 4. The summed E-state index contributed by atoms with van der Waals surface area (Å²) in [6, 6.07) is 10.6. The predicted molar refractivity (Wildman–Crippen MR) is 101 cm³/mol. The van der Waals surface area contributed by atoms with Gasteiger partial charge in [0.1, 0.15) is 18.0 Å². The molecule has 1 aliphatic rings. The predicted octanol–water partition coefficient (Wildman–Crippen LogP) is 4.75. The van der Waals surface area contributed by atoms with Crippen molar-refractivity contribution >= 4 is 17.3 Å². The molecular formula is C20H28N4. The lowest BCUT2D eigenvalue weighted by Gasteiger charge is -2.31. The minimum atomic E-state index is 0.172. The molecular weight excluding hydrogens is 296 g/mol. The van der Waals surface area contributed by atoms with Gasteiger partial charge in [0.05, 0.1) is 0 Å². The summed E-state index contributed by atoms with van der Waals surface area (Å²) in [5.41, 5.74) is 2.56. The zero-order chi connectivity index (χ0) is 17.2. The van der Waals surface area contributed by atoms with Crippen molar-refractivity contribution < 1.29 is 0 Å². The van der Waals surface area contributed by atoms with E-state index < -0.39 is 0 Å². The Bertz CT molecular complexity index is 673. The lowest BCUT2D eigenvalue weighted by molar-refractivity contribution is 0.444. The largest absolute Gasteiger partial charge is 0.356 e. The van der Waals surface area contributed by atoms with Crippen LogP contribution in [-0.2, 0) is 5.41 Å². The van der Waals surface area contributed by atoms with E-state index in [9.17, 15) is 0 Å². The van der Waals surface area contributed by atoms with E-state index in [4.69, 9.17) is 0 Å². The Morgan fingerprint density at radius 2 is 1.88 bits per heavy atom. The minimum absolute atomic E-state index is 0.172. The molecule has 1 saturated heterocycles. The van der Waals surface area contributed by atoms with Gasteiger partial charge in [-0.2, -0.15) is 0 Å². The van der Waals surface area contributed by atoms with Crippen molar-refractivity contribution in [3.05, 3.63) is 42.2 Å². The SMILES string of the molecule is CC1CCCN(c2cc(Nc3ccc(C(C)(C)C)cc3)ncn2)C1. The quantitative estimate of drug-likeness (QED) is 0.884. The van der Waals surface area contributed by atoms with Gasteiger partial charge in [0, 0.05) is 24.8 Å². The number of anilines is 3. The van der Waals surface area contributed by atoms with E-state index in [1.807, 2.05) is 0 Å². The molecule has 1 unspecified atom stereocenters. The molecule has 128 valence electrons. The molecule has 1 aromatic carbocycles. The summed E-state index contributed by atoms with van der Waals surface area (Å²) in [7, 11) is 0. The number of rotatable bonds is 3. The van der Waals surface area contributed by atoms with E-state index in [0.717, 1.165) is 36.3 Å². The van der Waals surface area contributed by atoms with Gasteiger partial charge in [-0.25, -0.2) is 9.97 Å². The first-order valence-corrected chi connectivity index (χ1v) is 8.86. The van der Waals surface area contributed by atoms with Crippen LogP contribution in [-0.4, -0.2) is 23.1 Å². The fourth-order valence-electron chi connectivity index (χ4n) is 3.19. The second-order valence-electron chi connectivity index (χ2n) is 7.91. The van der Waals surface area contributed by atoms with Crippen molar-refractivity contribution in [2.45, 2.75) is 46.0 Å². The first kappa shape index (κ1) is 16.7. The maximum Gasteiger partial charge on any atom is 0.135 e. The van der Waals surface area contributed by atoms with Gasteiger partial charge in [-0.15, -0.1) is 0 Å². The second kappa shape index (κ2) is 6.80. The maximum atomic E-state index is 4.46. The normalized spacial score (nSPS) is 18.5. The molecule has 2 aromatic rings. The van der Waals surface area contributed by atoms with Crippen molar-refractivity contribution in [3.8, 4) is 0 Å². The molecule has 0 saturated carbocycles. The Morgan fingerprint density at radius 1 is 1.12 bits per heavy atom. The average molecular weight is 324 g/mol. The van der Waals surface area contributed by atoms with Gasteiger partial charge in [-0.05, 0) is 41.9 Å². The Kier molecular flexibility index (Phi) is 4.74. The molecule has 1 aromatic heterocycles. The molecule has 1 fully saturated rings. The molecule has 0 aliphatic carbocycles. The molecule has 1 aliphatic heterocycles. The number of nitrogens with zero attached hydrogens (tertiary/aromatic N) is 3. The molecule has 4 heteroatoms. The summed E-state index contributed by atoms with van der Waals surface area (Å²) < 4.78 is 0. The van der Waals surface area contributed by atoms with Crippen LogP contribution in [0.4, 0.5) is 17.3 Å². The van der Waals surface area contributed by atoms with Gasteiger partial charge in [0.2, 0.25) is 0 Å². The molecule has 0 spiro atoms. The number of piperidine rings is 1. The molecule has 0 radical (unpaired) electrons. The number of hydrogen-bond donors (Lipinski definition) is 1. The van der Waals surface area contributed by atoms with Gasteiger partial charge < -0.3 is 10.2 Å². The highest BCUT2D eigenvalue weighted by molar-refractivity contribution is 5.59. The van der Waals surface area contributed by atoms with Gasteiger partial charge in [0.25, 0.3) is 0 Å². The third-order valence-corrected chi connectivity index (χ3v) is 4.66. The Morgan fingerprint density at radius 3 is 2.54 bits per heavy atom. The van der Waals surface area contributed by atoms with E-state index in [-0.39, 0.29) is 5.41 Å². The van der Waals surface area contributed by atoms with Crippen LogP contribution < -0.4 is 10.2 Å². The first-order valence-electron chi connectivity index (χ1n) is 8.86. The monoisotopic (exact) mass is 324 g/mol. The van der Waals surface area contributed by atoms with Crippen LogP contribution >= 0.6 is 0 Å². The number of benzene rings is 1. The van der Waals surface area contributed by atoms with Gasteiger partial charge in [0.15, 0.2) is 0 Å².